The van der Waals surface area contributed by atoms with Gasteiger partial charge >= 0.3 is 0 Å². The van der Waals surface area contributed by atoms with Crippen LogP contribution in [0.4, 0.5) is 8.78 Å². The second-order valence-electron chi connectivity index (χ2n) is 2.48. The summed E-state index contributed by atoms with van der Waals surface area (Å²) in [5.41, 5.74) is 0.381. The monoisotopic (exact) mass is 169 g/mol. The van der Waals surface area contributed by atoms with E-state index in [-0.39, 0.29) is 11.3 Å². The number of fused-ring (bicyclic) bond motifs is 1. The number of aromatic amines is 1. The van der Waals surface area contributed by atoms with E-state index >= 15 is 0 Å². The lowest BCUT2D eigenvalue weighted by Crippen LogP contribution is -1.82. The van der Waals surface area contributed by atoms with Crippen LogP contribution in [0.1, 0.15) is 0 Å². The van der Waals surface area contributed by atoms with Gasteiger partial charge in [-0.05, 0) is 12.1 Å². The molecule has 0 saturated carbocycles. The Morgan fingerprint density at radius 1 is 1.25 bits per heavy atom. The highest BCUT2D eigenvalue weighted by atomic mass is 19.2. The molecule has 2 nitrogen and oxygen atoms in total. The van der Waals surface area contributed by atoms with Gasteiger partial charge in [-0.15, -0.1) is 0 Å². The number of H-pyrrole nitrogens is 1. The number of benzene rings is 1. The summed E-state index contributed by atoms with van der Waals surface area (Å²) in [7, 11) is 0. The first-order valence-electron chi connectivity index (χ1n) is 3.34. The minimum Gasteiger partial charge on any atom is -0.495 e. The van der Waals surface area contributed by atoms with Gasteiger partial charge < -0.3 is 10.1 Å². The Kier molecular flexibility index (Phi) is 1.30. The molecule has 4 heteroatoms. The Balaban J connectivity index is 2.89. The number of hydrogen-bond donors (Lipinski definition) is 2. The van der Waals surface area contributed by atoms with Crippen molar-refractivity contribution in [3.8, 4) is 5.88 Å². The van der Waals surface area contributed by atoms with Gasteiger partial charge in [-0.25, -0.2) is 8.78 Å². The predicted octanol–water partition coefficient (Wildman–Crippen LogP) is 2.15. The lowest BCUT2D eigenvalue weighted by atomic mass is 10.2. The quantitative estimate of drug-likeness (QED) is 0.622. The number of nitrogens with one attached hydrogen (secondary N) is 1. The molecule has 0 bridgehead atoms. The van der Waals surface area contributed by atoms with Crippen molar-refractivity contribution in [1.82, 2.24) is 4.98 Å². The number of rotatable bonds is 0. The summed E-state index contributed by atoms with van der Waals surface area (Å²) < 4.78 is 25.5. The third-order valence-electron chi connectivity index (χ3n) is 1.68. The summed E-state index contributed by atoms with van der Waals surface area (Å²) in [4.78, 5) is 2.48. The Morgan fingerprint density at radius 3 is 2.75 bits per heavy atom. The van der Waals surface area contributed by atoms with E-state index in [0.29, 0.717) is 5.52 Å². The van der Waals surface area contributed by atoms with Crippen LogP contribution in [0.2, 0.25) is 0 Å². The molecule has 0 aliphatic rings. The van der Waals surface area contributed by atoms with Crippen molar-refractivity contribution >= 4 is 10.9 Å². The van der Waals surface area contributed by atoms with Crippen LogP contribution in [0, 0.1) is 11.6 Å². The molecule has 1 heterocycles. The maximum Gasteiger partial charge on any atom is 0.189 e. The molecule has 2 N–H and O–H groups in total. The van der Waals surface area contributed by atoms with Crippen LogP contribution in [0.15, 0.2) is 18.2 Å². The average Bonchev–Trinajstić information content (AvgIpc) is 2.39. The first kappa shape index (κ1) is 7.09. The van der Waals surface area contributed by atoms with Crippen molar-refractivity contribution in [3.05, 3.63) is 29.8 Å². The minimum absolute atomic E-state index is 0.0625. The molecule has 0 fully saturated rings. The fourth-order valence-corrected chi connectivity index (χ4v) is 1.13. The summed E-state index contributed by atoms with van der Waals surface area (Å²) in [6.45, 7) is 0. The molecule has 0 saturated heterocycles. The number of hydrogen-bond acceptors (Lipinski definition) is 1. The van der Waals surface area contributed by atoms with Gasteiger partial charge in [0.1, 0.15) is 0 Å². The van der Waals surface area contributed by atoms with E-state index in [4.69, 9.17) is 5.11 Å². The molecule has 1 aromatic heterocycles. The molecule has 0 radical (unpaired) electrons. The van der Waals surface area contributed by atoms with Crippen LogP contribution < -0.4 is 0 Å². The van der Waals surface area contributed by atoms with Crippen LogP contribution in [0.3, 0.4) is 0 Å². The zero-order chi connectivity index (χ0) is 8.72. The summed E-state index contributed by atoms with van der Waals surface area (Å²) in [6, 6.07) is 3.52. The van der Waals surface area contributed by atoms with E-state index in [1.807, 2.05) is 0 Å². The fourth-order valence-electron chi connectivity index (χ4n) is 1.13. The van der Waals surface area contributed by atoms with Gasteiger partial charge in [0.25, 0.3) is 0 Å². The lowest BCUT2D eigenvalue weighted by Gasteiger charge is -1.92. The third-order valence-corrected chi connectivity index (χ3v) is 1.68. The van der Waals surface area contributed by atoms with Crippen LogP contribution in [-0.2, 0) is 0 Å². The second kappa shape index (κ2) is 2.20. The molecule has 2 aromatic rings. The van der Waals surface area contributed by atoms with Gasteiger partial charge in [0.15, 0.2) is 17.5 Å². The number of halogens is 2. The summed E-state index contributed by atoms with van der Waals surface area (Å²) >= 11 is 0. The van der Waals surface area contributed by atoms with Crippen molar-refractivity contribution in [2.45, 2.75) is 0 Å². The SMILES string of the molecule is Oc1cc2c(F)c(F)ccc2[nH]1. The maximum atomic E-state index is 12.9. The number of aromatic hydroxyl groups is 1. The molecule has 1 aromatic carbocycles. The van der Waals surface area contributed by atoms with E-state index in [0.717, 1.165) is 12.1 Å². The smallest absolute Gasteiger partial charge is 0.189 e. The first-order chi connectivity index (χ1) is 5.68. The topological polar surface area (TPSA) is 36.0 Å². The Hall–Kier alpha value is -1.58. The molecule has 62 valence electrons. The van der Waals surface area contributed by atoms with E-state index < -0.39 is 11.6 Å². The van der Waals surface area contributed by atoms with Gasteiger partial charge in [-0.1, -0.05) is 0 Å². The van der Waals surface area contributed by atoms with Crippen LogP contribution >= 0.6 is 0 Å². The van der Waals surface area contributed by atoms with Crippen molar-refractivity contribution in [3.63, 3.8) is 0 Å². The summed E-state index contributed by atoms with van der Waals surface area (Å²) in [5, 5.41) is 8.99. The van der Waals surface area contributed by atoms with E-state index in [1.165, 1.54) is 6.07 Å². The molecule has 0 amide bonds. The van der Waals surface area contributed by atoms with Crippen molar-refractivity contribution in [1.29, 1.82) is 0 Å². The lowest BCUT2D eigenvalue weighted by molar-refractivity contribution is 0.458. The van der Waals surface area contributed by atoms with Gasteiger partial charge in [-0.2, -0.15) is 0 Å². The van der Waals surface area contributed by atoms with Gasteiger partial charge in [0.05, 0.1) is 5.52 Å². The summed E-state index contributed by atoms with van der Waals surface area (Å²) in [6.07, 6.45) is 0. The van der Waals surface area contributed by atoms with Gasteiger partial charge in [0, 0.05) is 11.5 Å². The van der Waals surface area contributed by atoms with Crippen molar-refractivity contribution in [2.24, 2.45) is 0 Å². The van der Waals surface area contributed by atoms with Gasteiger partial charge in [0.2, 0.25) is 0 Å². The Bertz CT molecular complexity index is 436. The van der Waals surface area contributed by atoms with E-state index in [9.17, 15) is 8.78 Å². The van der Waals surface area contributed by atoms with E-state index in [1.54, 1.807) is 0 Å². The zero-order valence-corrected chi connectivity index (χ0v) is 5.94. The Morgan fingerprint density at radius 2 is 2.00 bits per heavy atom. The fraction of sp³-hybridized carbons (Fsp3) is 0. The molecular weight excluding hydrogens is 164 g/mol. The van der Waals surface area contributed by atoms with Crippen LogP contribution in [0.25, 0.3) is 10.9 Å². The molecule has 0 atom stereocenters. The van der Waals surface area contributed by atoms with Crippen molar-refractivity contribution in [2.75, 3.05) is 0 Å². The summed E-state index contributed by atoms with van der Waals surface area (Å²) in [5.74, 6) is -2.03. The van der Waals surface area contributed by atoms with Gasteiger partial charge in [-0.3, -0.25) is 0 Å². The minimum atomic E-state index is -0.941. The zero-order valence-electron chi connectivity index (χ0n) is 5.94. The number of aromatic nitrogens is 1. The predicted molar refractivity (Wildman–Crippen MR) is 39.9 cm³/mol. The first-order valence-corrected chi connectivity index (χ1v) is 3.34. The highest BCUT2D eigenvalue weighted by Gasteiger charge is 2.08. The molecule has 2 rings (SSSR count). The molecule has 0 unspecified atom stereocenters. The molecule has 0 aliphatic heterocycles. The third kappa shape index (κ3) is 0.845. The van der Waals surface area contributed by atoms with Crippen LogP contribution in [0.5, 0.6) is 5.88 Å². The molecular formula is C8H5F2NO. The molecule has 12 heavy (non-hydrogen) atoms. The average molecular weight is 169 g/mol. The van der Waals surface area contributed by atoms with Crippen molar-refractivity contribution < 1.29 is 13.9 Å². The van der Waals surface area contributed by atoms with E-state index in [2.05, 4.69) is 4.98 Å². The molecule has 0 aliphatic carbocycles. The normalized spacial score (nSPS) is 10.8. The Labute approximate surface area is 66.4 Å². The maximum absolute atomic E-state index is 12.9. The molecule has 0 spiro atoms. The second-order valence-corrected chi connectivity index (χ2v) is 2.48. The standard InChI is InChI=1S/C8H5F2NO/c9-5-1-2-6-4(8(5)10)3-7(12)11-6/h1-3,11-12H. The highest BCUT2D eigenvalue weighted by Crippen LogP contribution is 2.23. The largest absolute Gasteiger partial charge is 0.495 e. The van der Waals surface area contributed by atoms with Crippen LogP contribution in [-0.4, -0.2) is 10.1 Å². The highest BCUT2D eigenvalue weighted by molar-refractivity contribution is 5.81.